The average Bonchev–Trinajstić information content (AvgIpc) is 2.75. The number of piperazine rings is 1. The second-order valence-corrected chi connectivity index (χ2v) is 9.06. The summed E-state index contributed by atoms with van der Waals surface area (Å²) in [6.07, 6.45) is 0. The van der Waals surface area contributed by atoms with Crippen molar-refractivity contribution in [2.45, 2.75) is 18.4 Å². The fourth-order valence-corrected chi connectivity index (χ4v) is 4.38. The highest BCUT2D eigenvalue weighted by molar-refractivity contribution is 7.89. The van der Waals surface area contributed by atoms with E-state index in [1.165, 1.54) is 37.4 Å². The molecule has 0 aromatic heterocycles. The van der Waals surface area contributed by atoms with Crippen LogP contribution in [0.15, 0.2) is 53.4 Å². The number of amides is 1. The summed E-state index contributed by atoms with van der Waals surface area (Å²) < 4.78 is 25.6. The molecule has 1 aliphatic rings. The molecule has 7 nitrogen and oxygen atoms in total. The van der Waals surface area contributed by atoms with E-state index in [2.05, 4.69) is 24.0 Å². The number of nitrogens with zero attached hydrogens (tertiary/aromatic N) is 3. The zero-order chi connectivity index (χ0) is 21.0. The average molecular weight is 418 g/mol. The monoisotopic (exact) mass is 417 g/mol. The van der Waals surface area contributed by atoms with Gasteiger partial charge in [0, 0.05) is 45.3 Å². The Morgan fingerprint density at radius 1 is 1.07 bits per heavy atom. The second kappa shape index (κ2) is 9.04. The van der Waals surface area contributed by atoms with E-state index in [1.54, 1.807) is 17.0 Å². The van der Waals surface area contributed by atoms with Gasteiger partial charge in [-0.15, -0.1) is 0 Å². The van der Waals surface area contributed by atoms with Crippen molar-refractivity contribution in [3.63, 3.8) is 0 Å². The van der Waals surface area contributed by atoms with Gasteiger partial charge in [-0.05, 0) is 36.2 Å². The van der Waals surface area contributed by atoms with Crippen LogP contribution in [0.5, 0.6) is 0 Å². The van der Waals surface area contributed by atoms with Gasteiger partial charge in [-0.2, -0.15) is 0 Å². The summed E-state index contributed by atoms with van der Waals surface area (Å²) in [6.45, 7) is 5.76. The van der Waals surface area contributed by atoms with Crippen molar-refractivity contribution in [1.82, 2.24) is 14.3 Å². The molecule has 8 heteroatoms. The van der Waals surface area contributed by atoms with Crippen molar-refractivity contribution in [3.05, 3.63) is 65.2 Å². The van der Waals surface area contributed by atoms with Gasteiger partial charge in [0.05, 0.1) is 12.0 Å². The first-order valence-electron chi connectivity index (χ1n) is 9.52. The van der Waals surface area contributed by atoms with Crippen molar-refractivity contribution in [2.24, 2.45) is 0 Å². The largest absolute Gasteiger partial charge is 0.336 e. The van der Waals surface area contributed by atoms with Crippen LogP contribution >= 0.6 is 0 Å². The number of hydrogen-bond acceptors (Lipinski definition) is 5. The van der Waals surface area contributed by atoms with E-state index in [1.807, 2.05) is 12.1 Å². The van der Waals surface area contributed by atoms with Crippen LogP contribution in [0.1, 0.15) is 21.5 Å². The Balaban J connectivity index is 1.65. The molecule has 1 aliphatic heterocycles. The van der Waals surface area contributed by atoms with E-state index in [-0.39, 0.29) is 10.8 Å². The first kappa shape index (κ1) is 21.4. The van der Waals surface area contributed by atoms with Gasteiger partial charge < -0.3 is 4.90 Å². The maximum absolute atomic E-state index is 12.9. The zero-order valence-electron chi connectivity index (χ0n) is 17.0. The molecule has 0 atom stereocenters. The fourth-order valence-electron chi connectivity index (χ4n) is 3.36. The molecule has 156 valence electrons. The Kier molecular flexibility index (Phi) is 6.69. The predicted octanol–water partition coefficient (Wildman–Crippen LogP) is 2.13. The molecule has 0 radical (unpaired) electrons. The molecule has 1 saturated heterocycles. The summed E-state index contributed by atoms with van der Waals surface area (Å²) in [5.41, 5.74) is 2.93. The molecule has 1 fully saturated rings. The van der Waals surface area contributed by atoms with Gasteiger partial charge in [0.1, 0.15) is 0 Å². The lowest BCUT2D eigenvalue weighted by atomic mass is 10.1. The normalized spacial score (nSPS) is 15.7. The minimum absolute atomic E-state index is 0.0332. The van der Waals surface area contributed by atoms with Crippen molar-refractivity contribution in [2.75, 3.05) is 40.3 Å². The maximum Gasteiger partial charge on any atom is 0.264 e. The number of carbonyl (C=O) groups is 1. The topological polar surface area (TPSA) is 70.2 Å². The van der Waals surface area contributed by atoms with Gasteiger partial charge in [0.15, 0.2) is 0 Å². The summed E-state index contributed by atoms with van der Waals surface area (Å²) in [5.74, 6) is -0.155. The summed E-state index contributed by atoms with van der Waals surface area (Å²) in [6, 6.07) is 14.4. The first-order chi connectivity index (χ1) is 13.8. The summed E-state index contributed by atoms with van der Waals surface area (Å²) >= 11 is 0. The van der Waals surface area contributed by atoms with E-state index < -0.39 is 10.0 Å². The molecule has 0 saturated carbocycles. The van der Waals surface area contributed by atoms with Crippen LogP contribution < -0.4 is 0 Å². The number of sulfonamides is 1. The van der Waals surface area contributed by atoms with Crippen LogP contribution in [0, 0.1) is 6.92 Å². The summed E-state index contributed by atoms with van der Waals surface area (Å²) in [7, 11) is -1.19. The number of hydroxylamine groups is 1. The van der Waals surface area contributed by atoms with Gasteiger partial charge in [0.25, 0.3) is 15.9 Å². The highest BCUT2D eigenvalue weighted by atomic mass is 32.2. The van der Waals surface area contributed by atoms with Gasteiger partial charge >= 0.3 is 0 Å². The maximum atomic E-state index is 12.9. The molecule has 2 aromatic rings. The lowest BCUT2D eigenvalue weighted by Crippen LogP contribution is -2.48. The molecular weight excluding hydrogens is 390 g/mol. The van der Waals surface area contributed by atoms with E-state index in [0.29, 0.717) is 18.7 Å². The smallest absolute Gasteiger partial charge is 0.264 e. The Bertz CT molecular complexity index is 969. The van der Waals surface area contributed by atoms with Crippen molar-refractivity contribution >= 4 is 15.9 Å². The third-order valence-electron chi connectivity index (χ3n) is 5.29. The SMILES string of the molecule is CON(C)S(=O)(=O)c1cccc(C(=O)N2CCN(Cc3ccccc3C)CC2)c1. The molecule has 1 heterocycles. The highest BCUT2D eigenvalue weighted by Gasteiger charge is 2.25. The van der Waals surface area contributed by atoms with Crippen molar-refractivity contribution in [1.29, 1.82) is 0 Å². The van der Waals surface area contributed by atoms with Crippen LogP contribution in [-0.2, 0) is 21.4 Å². The predicted molar refractivity (Wildman–Crippen MR) is 111 cm³/mol. The standard InChI is InChI=1S/C21H27N3O4S/c1-17-7-4-5-8-19(17)16-23-11-13-24(14-12-23)21(25)18-9-6-10-20(15-18)29(26,27)22(2)28-3/h4-10,15H,11-14,16H2,1-3H3. The van der Waals surface area contributed by atoms with E-state index in [9.17, 15) is 13.2 Å². The van der Waals surface area contributed by atoms with Crippen LogP contribution in [-0.4, -0.2) is 68.9 Å². The second-order valence-electron chi connectivity index (χ2n) is 7.12. The molecule has 0 unspecified atom stereocenters. The van der Waals surface area contributed by atoms with E-state index in [4.69, 9.17) is 4.84 Å². The molecule has 1 amide bonds. The minimum Gasteiger partial charge on any atom is -0.336 e. The molecule has 0 bridgehead atoms. The quantitative estimate of drug-likeness (QED) is 0.674. The summed E-state index contributed by atoms with van der Waals surface area (Å²) in [5, 5.41) is 0. The third kappa shape index (κ3) is 4.84. The fraction of sp³-hybridized carbons (Fsp3) is 0.381. The van der Waals surface area contributed by atoms with Gasteiger partial charge in [-0.25, -0.2) is 8.42 Å². The number of hydrogen-bond donors (Lipinski definition) is 0. The molecule has 0 aliphatic carbocycles. The van der Waals surface area contributed by atoms with Gasteiger partial charge in [-0.1, -0.05) is 34.8 Å². The first-order valence-corrected chi connectivity index (χ1v) is 11.0. The summed E-state index contributed by atoms with van der Waals surface area (Å²) in [4.78, 5) is 21.8. The molecule has 29 heavy (non-hydrogen) atoms. The Labute approximate surface area is 172 Å². The molecule has 0 N–H and O–H groups in total. The molecule has 0 spiro atoms. The van der Waals surface area contributed by atoms with Crippen molar-refractivity contribution < 1.29 is 18.0 Å². The van der Waals surface area contributed by atoms with Crippen LogP contribution in [0.4, 0.5) is 0 Å². The lowest BCUT2D eigenvalue weighted by Gasteiger charge is -2.35. The van der Waals surface area contributed by atoms with Crippen LogP contribution in [0.2, 0.25) is 0 Å². The van der Waals surface area contributed by atoms with E-state index in [0.717, 1.165) is 24.1 Å². The zero-order valence-corrected chi connectivity index (χ0v) is 17.9. The third-order valence-corrected chi connectivity index (χ3v) is 6.96. The highest BCUT2D eigenvalue weighted by Crippen LogP contribution is 2.18. The number of rotatable bonds is 6. The number of aryl methyl sites for hydroxylation is 1. The Hall–Kier alpha value is -2.26. The van der Waals surface area contributed by atoms with Gasteiger partial charge in [0.2, 0.25) is 0 Å². The number of benzene rings is 2. The van der Waals surface area contributed by atoms with E-state index >= 15 is 0 Å². The minimum atomic E-state index is -3.79. The lowest BCUT2D eigenvalue weighted by molar-refractivity contribution is -0.0258. The molecule has 2 aromatic carbocycles. The Morgan fingerprint density at radius 3 is 2.41 bits per heavy atom. The Morgan fingerprint density at radius 2 is 1.76 bits per heavy atom. The van der Waals surface area contributed by atoms with Crippen LogP contribution in [0.3, 0.4) is 0 Å². The van der Waals surface area contributed by atoms with Crippen molar-refractivity contribution in [3.8, 4) is 0 Å². The molecular formula is C21H27N3O4S. The molecule has 3 rings (SSSR count). The van der Waals surface area contributed by atoms with Gasteiger partial charge in [-0.3, -0.25) is 14.5 Å². The van der Waals surface area contributed by atoms with Crippen LogP contribution in [0.25, 0.3) is 0 Å². The number of carbonyl (C=O) groups excluding carboxylic acids is 1.